The third-order valence-electron chi connectivity index (χ3n) is 4.58. The Morgan fingerprint density at radius 1 is 1.17 bits per heavy atom. The fourth-order valence-electron chi connectivity index (χ4n) is 3.14. The number of carbonyl (C=O) groups excluding carboxylic acids is 1. The highest BCUT2D eigenvalue weighted by atomic mass is 32.2. The highest BCUT2D eigenvalue weighted by molar-refractivity contribution is 7.91. The molecule has 1 aliphatic rings. The number of nitrogens with zero attached hydrogens (tertiary/aromatic N) is 3. The van der Waals surface area contributed by atoms with Crippen LogP contribution in [0.15, 0.2) is 61.2 Å². The molecule has 29 heavy (non-hydrogen) atoms. The molecule has 3 aromatic rings. The van der Waals surface area contributed by atoms with Crippen LogP contribution >= 0.6 is 0 Å². The van der Waals surface area contributed by atoms with Crippen LogP contribution in [0.1, 0.15) is 27.9 Å². The van der Waals surface area contributed by atoms with Crippen molar-refractivity contribution in [1.82, 2.24) is 20.1 Å². The quantitative estimate of drug-likeness (QED) is 0.667. The van der Waals surface area contributed by atoms with Crippen molar-refractivity contribution in [2.45, 2.75) is 12.5 Å². The van der Waals surface area contributed by atoms with Crippen molar-refractivity contribution < 1.29 is 13.2 Å². The number of hydrogen-bond donors (Lipinski definition) is 1. The molecule has 0 aliphatic carbocycles. The average molecular weight is 406 g/mol. The van der Waals surface area contributed by atoms with Crippen LogP contribution in [0.2, 0.25) is 0 Å². The Bertz CT molecular complexity index is 1190. The first kappa shape index (κ1) is 18.9. The summed E-state index contributed by atoms with van der Waals surface area (Å²) in [4.78, 5) is 16.7. The Balaban J connectivity index is 1.64. The first-order valence-corrected chi connectivity index (χ1v) is 10.9. The zero-order valence-electron chi connectivity index (χ0n) is 15.4. The summed E-state index contributed by atoms with van der Waals surface area (Å²) >= 11 is 0. The van der Waals surface area contributed by atoms with Crippen LogP contribution in [0.4, 0.5) is 0 Å². The van der Waals surface area contributed by atoms with Gasteiger partial charge in [0.05, 0.1) is 22.8 Å². The second-order valence-electron chi connectivity index (χ2n) is 6.75. The number of pyridine rings is 1. The minimum atomic E-state index is -3.06. The molecule has 3 heterocycles. The fraction of sp³-hybridized carbons (Fsp3) is 0.190. The van der Waals surface area contributed by atoms with Crippen LogP contribution in [0, 0.1) is 11.8 Å². The smallest absolute Gasteiger partial charge is 0.251 e. The molecule has 0 saturated carbocycles. The van der Waals surface area contributed by atoms with Crippen molar-refractivity contribution in [3.8, 4) is 17.5 Å². The van der Waals surface area contributed by atoms with E-state index in [1.54, 1.807) is 59.8 Å². The average Bonchev–Trinajstić information content (AvgIpc) is 3.36. The third kappa shape index (κ3) is 4.52. The number of amides is 1. The van der Waals surface area contributed by atoms with Gasteiger partial charge in [0.2, 0.25) is 0 Å². The predicted octanol–water partition coefficient (Wildman–Crippen LogP) is 1.58. The summed E-state index contributed by atoms with van der Waals surface area (Å²) in [5.74, 6) is 5.92. The SMILES string of the molecule is O=C(N[C@@H]1CCS(=O)(=O)C1)c1ccc(-n2cccn2)c(C#Cc2cccnc2)c1. The van der Waals surface area contributed by atoms with Gasteiger partial charge in [-0.2, -0.15) is 5.10 Å². The van der Waals surface area contributed by atoms with E-state index in [1.807, 2.05) is 6.07 Å². The van der Waals surface area contributed by atoms with Gasteiger partial charge in [0.15, 0.2) is 9.84 Å². The van der Waals surface area contributed by atoms with Gasteiger partial charge in [-0.1, -0.05) is 11.8 Å². The van der Waals surface area contributed by atoms with Gasteiger partial charge < -0.3 is 5.32 Å². The summed E-state index contributed by atoms with van der Waals surface area (Å²) in [6.07, 6.45) is 7.24. The topological polar surface area (TPSA) is 94.0 Å². The minimum Gasteiger partial charge on any atom is -0.348 e. The molecule has 1 aromatic carbocycles. The second kappa shape index (κ2) is 7.89. The van der Waals surface area contributed by atoms with Crippen molar-refractivity contribution in [3.05, 3.63) is 77.9 Å². The number of nitrogens with one attached hydrogen (secondary N) is 1. The maximum atomic E-state index is 12.6. The lowest BCUT2D eigenvalue weighted by Crippen LogP contribution is -2.35. The monoisotopic (exact) mass is 406 g/mol. The molecule has 4 rings (SSSR count). The van der Waals surface area contributed by atoms with E-state index in [1.165, 1.54) is 0 Å². The molecule has 7 nitrogen and oxygen atoms in total. The van der Waals surface area contributed by atoms with E-state index in [9.17, 15) is 13.2 Å². The normalized spacial score (nSPS) is 17.3. The summed E-state index contributed by atoms with van der Waals surface area (Å²) in [5, 5.41) is 7.05. The molecule has 0 spiro atoms. The van der Waals surface area contributed by atoms with Crippen molar-refractivity contribution in [2.75, 3.05) is 11.5 Å². The second-order valence-corrected chi connectivity index (χ2v) is 8.98. The Morgan fingerprint density at radius 2 is 2.07 bits per heavy atom. The zero-order valence-corrected chi connectivity index (χ0v) is 16.3. The highest BCUT2D eigenvalue weighted by Crippen LogP contribution is 2.17. The number of hydrogen-bond acceptors (Lipinski definition) is 5. The van der Waals surface area contributed by atoms with Crippen LogP contribution < -0.4 is 5.32 Å². The summed E-state index contributed by atoms with van der Waals surface area (Å²) in [6.45, 7) is 0. The number of carbonyl (C=O) groups is 1. The molecule has 0 bridgehead atoms. The summed E-state index contributed by atoms with van der Waals surface area (Å²) in [6, 6.07) is 10.3. The molecule has 1 saturated heterocycles. The lowest BCUT2D eigenvalue weighted by molar-refractivity contribution is 0.0941. The van der Waals surface area contributed by atoms with Crippen molar-refractivity contribution in [1.29, 1.82) is 0 Å². The Morgan fingerprint density at radius 3 is 2.76 bits per heavy atom. The summed E-state index contributed by atoms with van der Waals surface area (Å²) < 4.78 is 24.9. The first-order chi connectivity index (χ1) is 14.0. The molecule has 146 valence electrons. The van der Waals surface area contributed by atoms with E-state index < -0.39 is 9.84 Å². The van der Waals surface area contributed by atoms with Crippen molar-refractivity contribution >= 4 is 15.7 Å². The number of rotatable bonds is 3. The van der Waals surface area contributed by atoms with Gasteiger partial charge in [-0.25, -0.2) is 13.1 Å². The molecule has 2 aromatic heterocycles. The largest absolute Gasteiger partial charge is 0.348 e. The van der Waals surface area contributed by atoms with Gasteiger partial charge >= 0.3 is 0 Å². The Labute approximate surface area is 168 Å². The standard InChI is InChI=1S/C21H18N4O3S/c26-21(24-19-8-12-29(27,28)15-19)18-6-7-20(25-11-2-10-23-25)17(13-18)5-4-16-3-1-9-22-14-16/h1-3,6-7,9-11,13-14,19H,8,12,15H2,(H,24,26)/t19-/m1/s1. The van der Waals surface area contributed by atoms with Gasteiger partial charge in [0.25, 0.3) is 5.91 Å². The van der Waals surface area contributed by atoms with E-state index in [0.717, 1.165) is 11.3 Å². The van der Waals surface area contributed by atoms with Gasteiger partial charge in [-0.15, -0.1) is 0 Å². The van der Waals surface area contributed by atoms with Crippen LogP contribution in [0.5, 0.6) is 0 Å². The molecule has 1 fully saturated rings. The van der Waals surface area contributed by atoms with Crippen LogP contribution in [-0.4, -0.2) is 46.6 Å². The maximum absolute atomic E-state index is 12.6. The molecule has 1 atom stereocenters. The van der Waals surface area contributed by atoms with E-state index >= 15 is 0 Å². The molecular formula is C21H18N4O3S. The molecule has 0 unspecified atom stereocenters. The number of aromatic nitrogens is 3. The molecule has 1 amide bonds. The fourth-order valence-corrected chi connectivity index (χ4v) is 4.82. The zero-order chi connectivity index (χ0) is 20.3. The van der Waals surface area contributed by atoms with E-state index in [-0.39, 0.29) is 23.5 Å². The third-order valence-corrected chi connectivity index (χ3v) is 6.35. The predicted molar refractivity (Wildman–Crippen MR) is 108 cm³/mol. The van der Waals surface area contributed by atoms with Crippen molar-refractivity contribution in [2.24, 2.45) is 0 Å². The number of benzene rings is 1. The van der Waals surface area contributed by atoms with E-state index in [2.05, 4.69) is 27.2 Å². The maximum Gasteiger partial charge on any atom is 0.251 e. The van der Waals surface area contributed by atoms with Gasteiger partial charge in [-0.3, -0.25) is 9.78 Å². The first-order valence-electron chi connectivity index (χ1n) is 9.08. The lowest BCUT2D eigenvalue weighted by atomic mass is 10.1. The molecule has 8 heteroatoms. The van der Waals surface area contributed by atoms with Crippen LogP contribution in [0.25, 0.3) is 5.69 Å². The molecule has 1 N–H and O–H groups in total. The van der Waals surface area contributed by atoms with Gasteiger partial charge in [0.1, 0.15) is 0 Å². The Hall–Kier alpha value is -3.44. The Kier molecular flexibility index (Phi) is 5.14. The molecule has 1 aliphatic heterocycles. The molecule has 0 radical (unpaired) electrons. The molecular weight excluding hydrogens is 388 g/mol. The van der Waals surface area contributed by atoms with E-state index in [0.29, 0.717) is 17.5 Å². The van der Waals surface area contributed by atoms with Crippen LogP contribution in [-0.2, 0) is 9.84 Å². The van der Waals surface area contributed by atoms with Crippen LogP contribution in [0.3, 0.4) is 0 Å². The van der Waals surface area contributed by atoms with E-state index in [4.69, 9.17) is 0 Å². The van der Waals surface area contributed by atoms with Gasteiger partial charge in [-0.05, 0) is 42.8 Å². The minimum absolute atomic E-state index is 0.0161. The van der Waals surface area contributed by atoms with Crippen molar-refractivity contribution in [3.63, 3.8) is 0 Å². The number of sulfone groups is 1. The summed E-state index contributed by atoms with van der Waals surface area (Å²) in [7, 11) is -3.06. The lowest BCUT2D eigenvalue weighted by Gasteiger charge is -2.12. The summed E-state index contributed by atoms with van der Waals surface area (Å²) in [5.41, 5.74) is 2.54. The highest BCUT2D eigenvalue weighted by Gasteiger charge is 2.29. The van der Waals surface area contributed by atoms with Gasteiger partial charge in [0, 0.05) is 42.0 Å².